The molecule has 0 fully saturated rings. The summed E-state index contributed by atoms with van der Waals surface area (Å²) < 4.78 is 14.4. The first-order chi connectivity index (χ1) is 17.9. The van der Waals surface area contributed by atoms with Gasteiger partial charge in [0.1, 0.15) is 0 Å². The van der Waals surface area contributed by atoms with Crippen LogP contribution in [-0.2, 0) is 25.5 Å². The van der Waals surface area contributed by atoms with Gasteiger partial charge in [0.25, 0.3) is 0 Å². The van der Waals surface area contributed by atoms with E-state index in [2.05, 4.69) is 37.0 Å². The number of aliphatic hydroxyl groups is 1. The van der Waals surface area contributed by atoms with Crippen LogP contribution in [0, 0.1) is 18.5 Å². The largest absolute Gasteiger partial charge is 0.520 e. The second-order valence-corrected chi connectivity index (χ2v) is 9.48. The fourth-order valence-corrected chi connectivity index (χ4v) is 4.90. The van der Waals surface area contributed by atoms with E-state index >= 15 is 0 Å². The fourth-order valence-electron chi connectivity index (χ4n) is 4.90. The Morgan fingerprint density at radius 2 is 1.55 bits per heavy atom. The molecule has 0 bridgehead atoms. The Kier molecular flexibility index (Phi) is 8.06. The normalized spacial score (nSPS) is 13.0. The summed E-state index contributed by atoms with van der Waals surface area (Å²) in [6, 6.07) is 33.4. The van der Waals surface area contributed by atoms with Crippen LogP contribution in [0.2, 0.25) is 0 Å². The zero-order chi connectivity index (χ0) is 26.0. The zero-order valence-corrected chi connectivity index (χ0v) is 23.5. The minimum absolute atomic E-state index is 0. The number of rotatable bonds is 3. The third-order valence-corrected chi connectivity index (χ3v) is 6.74. The van der Waals surface area contributed by atoms with E-state index in [0.29, 0.717) is 11.1 Å². The predicted molar refractivity (Wildman–Crippen MR) is 149 cm³/mol. The molecule has 0 amide bonds. The minimum atomic E-state index is -0.382. The van der Waals surface area contributed by atoms with E-state index in [-0.39, 0.29) is 37.1 Å². The summed E-state index contributed by atoms with van der Waals surface area (Å²) in [6.07, 6.45) is 3.35. The molecule has 4 aromatic carbocycles. The molecule has 0 unspecified atom stereocenters. The molecular formula is C34H26FIrNO-2. The Hall–Kier alpha value is -3.85. The molecule has 1 heterocycles. The van der Waals surface area contributed by atoms with Crippen LogP contribution < -0.4 is 0 Å². The van der Waals surface area contributed by atoms with E-state index in [1.165, 1.54) is 6.07 Å². The number of fused-ring (bicyclic) bond motifs is 2. The molecule has 1 aromatic heterocycles. The summed E-state index contributed by atoms with van der Waals surface area (Å²) in [4.78, 5) is 4.49. The maximum Gasteiger partial charge on any atom is 0.0688 e. The number of halogens is 1. The number of nitrogens with zero attached hydrogens (tertiary/aromatic N) is 1. The molecule has 0 atom stereocenters. The van der Waals surface area contributed by atoms with Gasteiger partial charge in [-0.1, -0.05) is 86.1 Å². The van der Waals surface area contributed by atoms with Crippen molar-refractivity contribution in [3.8, 4) is 11.3 Å². The molecule has 6 rings (SSSR count). The first-order valence-electron chi connectivity index (χ1n) is 12.1. The second kappa shape index (κ2) is 11.3. The summed E-state index contributed by atoms with van der Waals surface area (Å²) >= 11 is 0. The first kappa shape index (κ1) is 27.2. The third kappa shape index (κ3) is 5.11. The van der Waals surface area contributed by atoms with Gasteiger partial charge in [0.05, 0.1) is 5.76 Å². The number of allylic oxidation sites excluding steroid dienone is 2. The molecule has 1 aliphatic carbocycles. The van der Waals surface area contributed by atoms with E-state index in [1.54, 1.807) is 18.3 Å². The summed E-state index contributed by atoms with van der Waals surface area (Å²) in [5.41, 5.74) is 5.27. The molecule has 1 radical (unpaired) electrons. The maximum atomic E-state index is 14.4. The Bertz CT molecular complexity index is 1620. The molecule has 0 saturated heterocycles. The van der Waals surface area contributed by atoms with Crippen LogP contribution in [0.4, 0.5) is 4.39 Å². The quantitative estimate of drug-likeness (QED) is 0.118. The molecule has 191 valence electrons. The monoisotopic (exact) mass is 676 g/mol. The van der Waals surface area contributed by atoms with E-state index in [0.717, 1.165) is 38.7 Å². The van der Waals surface area contributed by atoms with E-state index in [4.69, 9.17) is 6.58 Å². The Morgan fingerprint density at radius 3 is 2.24 bits per heavy atom. The van der Waals surface area contributed by atoms with Crippen molar-refractivity contribution in [2.24, 2.45) is 0 Å². The van der Waals surface area contributed by atoms with E-state index < -0.39 is 0 Å². The molecule has 1 N–H and O–H groups in total. The van der Waals surface area contributed by atoms with Gasteiger partial charge in [-0.2, -0.15) is 5.57 Å². The van der Waals surface area contributed by atoms with Crippen LogP contribution in [0.25, 0.3) is 33.4 Å². The fraction of sp³-hybridized carbons (Fsp3) is 0.0882. The van der Waals surface area contributed by atoms with Crippen LogP contribution in [0.15, 0.2) is 109 Å². The van der Waals surface area contributed by atoms with Crippen molar-refractivity contribution in [1.82, 2.24) is 4.98 Å². The Balaban J connectivity index is 0.000000175. The van der Waals surface area contributed by atoms with Crippen molar-refractivity contribution in [2.75, 3.05) is 0 Å². The first-order valence-corrected chi connectivity index (χ1v) is 12.1. The molecule has 0 saturated carbocycles. The molecule has 0 aliphatic heterocycles. The Morgan fingerprint density at radius 1 is 0.895 bits per heavy atom. The number of benzene rings is 4. The number of hydrogen-bond donors (Lipinski definition) is 1. The van der Waals surface area contributed by atoms with Crippen LogP contribution in [0.1, 0.15) is 36.1 Å². The van der Waals surface area contributed by atoms with Crippen molar-refractivity contribution in [1.29, 1.82) is 0 Å². The van der Waals surface area contributed by atoms with Crippen LogP contribution in [-0.4, -0.2) is 10.1 Å². The van der Waals surface area contributed by atoms with Crippen molar-refractivity contribution in [3.63, 3.8) is 0 Å². The van der Waals surface area contributed by atoms with Crippen molar-refractivity contribution in [3.05, 3.63) is 150 Å². The van der Waals surface area contributed by atoms with Gasteiger partial charge in [-0.3, -0.25) is 0 Å². The number of hydrogen-bond acceptors (Lipinski definition) is 2. The SMILES string of the molecule is CC1(C)c2c([c-]ccc2F)-c2nccc3cccc1c23.[CH-]=C(C=C(O)c1ccccc1)c1ccccc1.[Ir]. The average molecular weight is 676 g/mol. The molecule has 4 heteroatoms. The van der Waals surface area contributed by atoms with Crippen molar-refractivity contribution < 1.29 is 29.6 Å². The topological polar surface area (TPSA) is 33.1 Å². The van der Waals surface area contributed by atoms with Gasteiger partial charge in [0, 0.05) is 37.7 Å². The van der Waals surface area contributed by atoms with Gasteiger partial charge in [-0.25, -0.2) is 11.0 Å². The van der Waals surface area contributed by atoms with Gasteiger partial charge >= 0.3 is 0 Å². The number of aliphatic hydroxyl groups excluding tert-OH is 1. The third-order valence-electron chi connectivity index (χ3n) is 6.74. The second-order valence-electron chi connectivity index (χ2n) is 9.48. The molecular weight excluding hydrogens is 650 g/mol. The standard InChI is InChI=1S/C18H13FN.C16H13O.Ir/c1-18(2)13-7-3-5-11-9-10-20-17(15(11)13)12-6-4-8-14(19)16(12)18;1-13(14-8-4-2-5-9-14)12-16(17)15-10-6-3-7-11-15;/h3-5,7-10H,1-2H3;1-12,17H;/q2*-1;. The number of pyridine rings is 1. The molecule has 5 aromatic rings. The van der Waals surface area contributed by atoms with Gasteiger partial charge in [0.2, 0.25) is 0 Å². The molecule has 0 spiro atoms. The predicted octanol–water partition coefficient (Wildman–Crippen LogP) is 8.58. The summed E-state index contributed by atoms with van der Waals surface area (Å²) in [5.74, 6) is -0.0102. The minimum Gasteiger partial charge on any atom is -0.520 e. The smallest absolute Gasteiger partial charge is 0.0688 e. The van der Waals surface area contributed by atoms with Gasteiger partial charge < -0.3 is 10.1 Å². The van der Waals surface area contributed by atoms with Crippen LogP contribution >= 0.6 is 0 Å². The van der Waals surface area contributed by atoms with Crippen molar-refractivity contribution in [2.45, 2.75) is 19.3 Å². The Labute approximate surface area is 236 Å². The summed E-state index contributed by atoms with van der Waals surface area (Å²) in [7, 11) is 0. The van der Waals surface area contributed by atoms with Gasteiger partial charge in [0.15, 0.2) is 0 Å². The van der Waals surface area contributed by atoms with Crippen LogP contribution in [0.3, 0.4) is 0 Å². The molecule has 2 nitrogen and oxygen atoms in total. The number of aromatic nitrogens is 1. The average Bonchev–Trinajstić information content (AvgIpc) is 2.93. The summed E-state index contributed by atoms with van der Waals surface area (Å²) in [5, 5.41) is 12.2. The van der Waals surface area contributed by atoms with Gasteiger partial charge in [-0.15, -0.1) is 47.5 Å². The molecule has 38 heavy (non-hydrogen) atoms. The van der Waals surface area contributed by atoms with Crippen LogP contribution in [0.5, 0.6) is 0 Å². The molecule has 1 aliphatic rings. The zero-order valence-electron chi connectivity index (χ0n) is 21.1. The van der Waals surface area contributed by atoms with E-state index in [1.807, 2.05) is 72.8 Å². The van der Waals surface area contributed by atoms with Crippen molar-refractivity contribution >= 4 is 22.1 Å². The van der Waals surface area contributed by atoms with Gasteiger partial charge in [-0.05, 0) is 33.5 Å². The summed E-state index contributed by atoms with van der Waals surface area (Å²) in [6.45, 7) is 10.0. The maximum absolute atomic E-state index is 14.4. The van der Waals surface area contributed by atoms with E-state index in [9.17, 15) is 9.50 Å².